The van der Waals surface area contributed by atoms with Gasteiger partial charge in [0.2, 0.25) is 0 Å². The van der Waals surface area contributed by atoms with Crippen LogP contribution in [0.2, 0.25) is 0 Å². The summed E-state index contributed by atoms with van der Waals surface area (Å²) >= 11 is 0. The number of rotatable bonds is 2. The summed E-state index contributed by atoms with van der Waals surface area (Å²) < 4.78 is 0. The predicted molar refractivity (Wildman–Crippen MR) is 118 cm³/mol. The van der Waals surface area contributed by atoms with Crippen molar-refractivity contribution in [3.05, 3.63) is 12.2 Å². The van der Waals surface area contributed by atoms with Crippen molar-refractivity contribution in [2.24, 2.45) is 50.6 Å². The van der Waals surface area contributed by atoms with Crippen LogP contribution in [0.4, 0.5) is 0 Å². The summed E-state index contributed by atoms with van der Waals surface area (Å²) in [5.41, 5.74) is 8.96. The second-order valence-corrected chi connectivity index (χ2v) is 13.0. The zero-order valence-corrected chi connectivity index (χ0v) is 19.5. The largest absolute Gasteiger partial charge is 0.328 e. The summed E-state index contributed by atoms with van der Waals surface area (Å²) in [7, 11) is 4.59. The maximum atomic E-state index is 6.52. The Balaban J connectivity index is 1.56. The fourth-order valence-corrected chi connectivity index (χ4v) is 10.4. The first-order valence-corrected chi connectivity index (χ1v) is 12.1. The van der Waals surface area contributed by atoms with E-state index in [1.54, 1.807) is 0 Å². The highest BCUT2D eigenvalue weighted by Crippen LogP contribution is 2.87. The first-order chi connectivity index (χ1) is 13.0. The summed E-state index contributed by atoms with van der Waals surface area (Å²) in [5.74, 6) is 2.25. The second-order valence-electron chi connectivity index (χ2n) is 13.0. The first kappa shape index (κ1) is 19.6. The molecule has 5 aliphatic rings. The SMILES string of the molecule is C[C@H](N)[C@H]1CC[C@@]2(C)[C@@H]3C=C[C@@H]4C(C)(C)[C@H](N(C)C)CC[C@]45C[C@]35CC[C@]12C. The van der Waals surface area contributed by atoms with Crippen molar-refractivity contribution in [1.29, 1.82) is 0 Å². The van der Waals surface area contributed by atoms with Gasteiger partial charge in [-0.3, -0.25) is 0 Å². The number of hydrogen-bond donors (Lipinski definition) is 1. The Kier molecular flexibility index (Phi) is 3.83. The van der Waals surface area contributed by atoms with E-state index in [1.165, 1.54) is 44.9 Å². The van der Waals surface area contributed by atoms with E-state index in [0.717, 1.165) is 11.8 Å². The molecule has 4 fully saturated rings. The maximum absolute atomic E-state index is 6.52. The van der Waals surface area contributed by atoms with E-state index in [-0.39, 0.29) is 0 Å². The normalized spacial score (nSPS) is 57.2. The summed E-state index contributed by atoms with van der Waals surface area (Å²) in [6.07, 6.45) is 15.4. The summed E-state index contributed by atoms with van der Waals surface area (Å²) in [5, 5.41) is 0. The van der Waals surface area contributed by atoms with Crippen molar-refractivity contribution >= 4 is 0 Å². The van der Waals surface area contributed by atoms with E-state index in [0.29, 0.717) is 45.1 Å². The van der Waals surface area contributed by atoms with Crippen LogP contribution in [0.15, 0.2) is 12.2 Å². The number of nitrogens with two attached hydrogens (primary N) is 1. The molecule has 2 heteroatoms. The molecule has 0 aromatic heterocycles. The van der Waals surface area contributed by atoms with Gasteiger partial charge in [-0.15, -0.1) is 0 Å². The highest BCUT2D eigenvalue weighted by molar-refractivity contribution is 5.36. The molecule has 0 unspecified atom stereocenters. The Hall–Kier alpha value is -0.340. The molecule has 0 aromatic carbocycles. The zero-order valence-electron chi connectivity index (χ0n) is 19.5. The van der Waals surface area contributed by atoms with Gasteiger partial charge >= 0.3 is 0 Å². The Labute approximate surface area is 173 Å². The lowest BCUT2D eigenvalue weighted by Gasteiger charge is -2.62. The topological polar surface area (TPSA) is 29.3 Å². The molecule has 4 saturated carbocycles. The van der Waals surface area contributed by atoms with Crippen LogP contribution < -0.4 is 5.73 Å². The maximum Gasteiger partial charge on any atom is 0.0146 e. The van der Waals surface area contributed by atoms with Crippen molar-refractivity contribution in [3.8, 4) is 0 Å². The van der Waals surface area contributed by atoms with Gasteiger partial charge in [0.1, 0.15) is 0 Å². The highest BCUT2D eigenvalue weighted by atomic mass is 15.1. The van der Waals surface area contributed by atoms with Gasteiger partial charge < -0.3 is 10.6 Å². The van der Waals surface area contributed by atoms with Crippen molar-refractivity contribution in [1.82, 2.24) is 4.90 Å². The number of hydrogen-bond acceptors (Lipinski definition) is 2. The van der Waals surface area contributed by atoms with Gasteiger partial charge in [-0.05, 0) is 111 Å². The smallest absolute Gasteiger partial charge is 0.0146 e. The van der Waals surface area contributed by atoms with Crippen LogP contribution in [0.25, 0.3) is 0 Å². The average Bonchev–Trinajstić information content (AvgIpc) is 3.16. The summed E-state index contributed by atoms with van der Waals surface area (Å²) in [4.78, 5) is 2.51. The first-order valence-electron chi connectivity index (χ1n) is 12.1. The molecule has 28 heavy (non-hydrogen) atoms. The third kappa shape index (κ3) is 1.94. The number of fused-ring (bicyclic) bond motifs is 2. The van der Waals surface area contributed by atoms with E-state index in [2.05, 4.69) is 65.8 Å². The molecule has 5 rings (SSSR count). The Morgan fingerprint density at radius 2 is 1.50 bits per heavy atom. The van der Waals surface area contributed by atoms with Crippen molar-refractivity contribution in [2.45, 2.75) is 91.6 Å². The fourth-order valence-electron chi connectivity index (χ4n) is 10.4. The van der Waals surface area contributed by atoms with Gasteiger partial charge in [-0.1, -0.05) is 39.8 Å². The quantitative estimate of drug-likeness (QED) is 0.639. The number of nitrogens with zero attached hydrogens (tertiary/aromatic N) is 1. The van der Waals surface area contributed by atoms with Gasteiger partial charge in [0.25, 0.3) is 0 Å². The van der Waals surface area contributed by atoms with E-state index < -0.39 is 0 Å². The Morgan fingerprint density at radius 1 is 0.857 bits per heavy atom. The Morgan fingerprint density at radius 3 is 2.14 bits per heavy atom. The lowest BCUT2D eigenvalue weighted by atomic mass is 9.43. The zero-order chi connectivity index (χ0) is 20.3. The highest BCUT2D eigenvalue weighted by Gasteiger charge is 2.81. The van der Waals surface area contributed by atoms with Crippen molar-refractivity contribution < 1.29 is 0 Å². The van der Waals surface area contributed by atoms with Crippen LogP contribution in [0.3, 0.4) is 0 Å². The third-order valence-electron chi connectivity index (χ3n) is 11.8. The van der Waals surface area contributed by atoms with E-state index in [1.807, 2.05) is 0 Å². The molecule has 0 aliphatic heterocycles. The van der Waals surface area contributed by atoms with E-state index >= 15 is 0 Å². The molecule has 2 nitrogen and oxygen atoms in total. The van der Waals surface area contributed by atoms with Gasteiger partial charge in [0.05, 0.1) is 0 Å². The van der Waals surface area contributed by atoms with Gasteiger partial charge in [0, 0.05) is 12.1 Å². The van der Waals surface area contributed by atoms with Crippen LogP contribution in [0.1, 0.15) is 79.6 Å². The molecule has 0 amide bonds. The standard InChI is InChI=1S/C26H44N2/c1-17(27)18-10-12-24(5)20-9-8-19-22(2,3)21(28(6)7)11-13-25(19)16-26(20,25)15-14-23(18,24)4/h8-9,17-21H,10-16,27H2,1-7H3/t17-,18+,19+,20-,21+,23+,24-,25-,26+/m0/s1. The molecule has 0 bridgehead atoms. The monoisotopic (exact) mass is 384 g/mol. The van der Waals surface area contributed by atoms with Gasteiger partial charge in [-0.2, -0.15) is 0 Å². The molecule has 0 saturated heterocycles. The molecule has 2 N–H and O–H groups in total. The molecule has 9 atom stereocenters. The van der Waals surface area contributed by atoms with Crippen LogP contribution >= 0.6 is 0 Å². The third-order valence-corrected chi connectivity index (χ3v) is 11.8. The van der Waals surface area contributed by atoms with E-state index in [4.69, 9.17) is 5.73 Å². The van der Waals surface area contributed by atoms with Crippen LogP contribution in [0.5, 0.6) is 0 Å². The molecule has 5 aliphatic carbocycles. The van der Waals surface area contributed by atoms with E-state index in [9.17, 15) is 0 Å². The number of allylic oxidation sites excluding steroid dienone is 2. The summed E-state index contributed by atoms with van der Waals surface area (Å²) in [6, 6.07) is 1.05. The minimum absolute atomic E-state index is 0.337. The lowest BCUT2D eigenvalue weighted by Crippen LogP contribution is -2.58. The van der Waals surface area contributed by atoms with Gasteiger partial charge in [0.15, 0.2) is 0 Å². The molecule has 0 radical (unpaired) electrons. The Bertz CT molecular complexity index is 707. The molecule has 0 aromatic rings. The summed E-state index contributed by atoms with van der Waals surface area (Å²) in [6.45, 7) is 12.7. The van der Waals surface area contributed by atoms with Crippen LogP contribution in [-0.2, 0) is 0 Å². The minimum atomic E-state index is 0.337. The van der Waals surface area contributed by atoms with Crippen LogP contribution in [-0.4, -0.2) is 31.1 Å². The molecule has 0 heterocycles. The van der Waals surface area contributed by atoms with Crippen molar-refractivity contribution in [3.63, 3.8) is 0 Å². The molecular weight excluding hydrogens is 340 g/mol. The molecular formula is C26H44N2. The van der Waals surface area contributed by atoms with Crippen molar-refractivity contribution in [2.75, 3.05) is 14.1 Å². The predicted octanol–water partition coefficient (Wildman–Crippen LogP) is 5.48. The average molecular weight is 385 g/mol. The lowest BCUT2D eigenvalue weighted by molar-refractivity contribution is -0.103. The molecule has 2 spiro atoms. The van der Waals surface area contributed by atoms with Crippen LogP contribution in [0, 0.1) is 44.8 Å². The minimum Gasteiger partial charge on any atom is -0.328 e. The fraction of sp³-hybridized carbons (Fsp3) is 0.923. The molecule has 158 valence electrons. The second kappa shape index (κ2) is 5.47. The van der Waals surface area contributed by atoms with Gasteiger partial charge in [-0.25, -0.2) is 0 Å².